The Balaban J connectivity index is 2.07. The van der Waals surface area contributed by atoms with E-state index in [2.05, 4.69) is 26.7 Å². The van der Waals surface area contributed by atoms with Gasteiger partial charge in [0.05, 0.1) is 23.6 Å². The van der Waals surface area contributed by atoms with Crippen molar-refractivity contribution in [3.05, 3.63) is 18.1 Å². The van der Waals surface area contributed by atoms with Gasteiger partial charge < -0.3 is 34.5 Å². The van der Waals surface area contributed by atoms with Gasteiger partial charge in [-0.1, -0.05) is 27.2 Å². The van der Waals surface area contributed by atoms with Crippen molar-refractivity contribution in [2.24, 2.45) is 5.92 Å². The van der Waals surface area contributed by atoms with Crippen LogP contribution in [0.15, 0.2) is 12.5 Å². The first-order valence-corrected chi connectivity index (χ1v) is 12.1. The standard InChI is InChI=1S/C24H32N6O7/c1-6-12(3)18(26-7-2)23(34)29-21-17-15(8-25)9-30(22(17)28-11-27-21)24-20(36-14(5)33)19(35-13(4)32)16(10-31)37-24/h9,11-12,16,18-20,24,26,31H,6-7,10H2,1-5H3,(H,27,28,29,34)/t12?,16-,18?,19?,20+,24-/m1/s1. The van der Waals surface area contributed by atoms with Crippen LogP contribution < -0.4 is 10.6 Å². The van der Waals surface area contributed by atoms with E-state index >= 15 is 0 Å². The highest BCUT2D eigenvalue weighted by atomic mass is 16.6. The van der Waals surface area contributed by atoms with Gasteiger partial charge in [-0.05, 0) is 12.5 Å². The number of esters is 2. The zero-order valence-corrected chi connectivity index (χ0v) is 21.4. The Hall–Kier alpha value is -3.60. The number of aliphatic hydroxyl groups excluding tert-OH is 1. The van der Waals surface area contributed by atoms with Gasteiger partial charge in [-0.2, -0.15) is 5.26 Å². The third kappa shape index (κ3) is 5.87. The van der Waals surface area contributed by atoms with Crippen LogP contribution >= 0.6 is 0 Å². The lowest BCUT2D eigenvalue weighted by Gasteiger charge is -2.24. The lowest BCUT2D eigenvalue weighted by Crippen LogP contribution is -2.45. The van der Waals surface area contributed by atoms with Crippen molar-refractivity contribution >= 4 is 34.7 Å². The number of nitriles is 1. The van der Waals surface area contributed by atoms with Crippen LogP contribution in [0.5, 0.6) is 0 Å². The molecule has 1 aliphatic rings. The highest BCUT2D eigenvalue weighted by Gasteiger charge is 2.50. The fourth-order valence-electron chi connectivity index (χ4n) is 4.39. The number of likely N-dealkylation sites (N-methyl/N-ethyl adjacent to an activating group) is 1. The van der Waals surface area contributed by atoms with E-state index in [4.69, 9.17) is 14.2 Å². The molecular formula is C24H32N6O7. The zero-order chi connectivity index (χ0) is 27.3. The van der Waals surface area contributed by atoms with E-state index in [0.717, 1.165) is 6.42 Å². The minimum atomic E-state index is -1.14. The highest BCUT2D eigenvalue weighted by molar-refractivity contribution is 6.03. The number of amides is 1. The van der Waals surface area contributed by atoms with Gasteiger partial charge in [0.25, 0.3) is 0 Å². The number of anilines is 1. The van der Waals surface area contributed by atoms with Crippen molar-refractivity contribution in [1.82, 2.24) is 19.9 Å². The summed E-state index contributed by atoms with van der Waals surface area (Å²) >= 11 is 0. The third-order valence-corrected chi connectivity index (χ3v) is 6.23. The summed E-state index contributed by atoms with van der Waals surface area (Å²) in [6.07, 6.45) is -0.909. The second kappa shape index (κ2) is 12.1. The number of carbonyl (C=O) groups is 3. The number of ether oxygens (including phenoxy) is 3. The number of aliphatic hydroxyl groups is 1. The number of rotatable bonds is 10. The van der Waals surface area contributed by atoms with Crippen molar-refractivity contribution < 1.29 is 33.7 Å². The molecule has 1 saturated heterocycles. The number of carbonyl (C=O) groups excluding carboxylic acids is 3. The number of aromatic nitrogens is 3. The Labute approximate surface area is 214 Å². The normalized spacial score (nSPS) is 22.7. The quantitative estimate of drug-likeness (QED) is 0.384. The van der Waals surface area contributed by atoms with Gasteiger partial charge in [-0.15, -0.1) is 0 Å². The predicted octanol–water partition coefficient (Wildman–Crippen LogP) is 1.02. The molecule has 200 valence electrons. The van der Waals surface area contributed by atoms with Crippen LogP contribution in [-0.2, 0) is 28.6 Å². The molecule has 3 N–H and O–H groups in total. The van der Waals surface area contributed by atoms with Crippen molar-refractivity contribution in [1.29, 1.82) is 5.26 Å². The Morgan fingerprint density at radius 1 is 1.22 bits per heavy atom. The molecule has 6 atom stereocenters. The Bertz CT molecular complexity index is 1190. The minimum Gasteiger partial charge on any atom is -0.456 e. The highest BCUT2D eigenvalue weighted by Crippen LogP contribution is 2.38. The van der Waals surface area contributed by atoms with E-state index in [1.165, 1.54) is 30.9 Å². The molecule has 0 spiro atoms. The molecule has 13 heteroatoms. The molecule has 1 aliphatic heterocycles. The summed E-state index contributed by atoms with van der Waals surface area (Å²) in [5, 5.41) is 26.0. The van der Waals surface area contributed by atoms with Crippen LogP contribution in [0, 0.1) is 17.2 Å². The summed E-state index contributed by atoms with van der Waals surface area (Å²) in [4.78, 5) is 45.2. The zero-order valence-electron chi connectivity index (χ0n) is 21.4. The molecule has 2 aromatic rings. The first kappa shape index (κ1) is 28.0. The minimum absolute atomic E-state index is 0.0438. The van der Waals surface area contributed by atoms with Gasteiger partial charge >= 0.3 is 11.9 Å². The fraction of sp³-hybridized carbons (Fsp3) is 0.583. The molecule has 0 aromatic carbocycles. The van der Waals surface area contributed by atoms with Gasteiger partial charge in [-0.3, -0.25) is 14.4 Å². The predicted molar refractivity (Wildman–Crippen MR) is 130 cm³/mol. The third-order valence-electron chi connectivity index (χ3n) is 6.23. The first-order chi connectivity index (χ1) is 17.7. The summed E-state index contributed by atoms with van der Waals surface area (Å²) < 4.78 is 18.1. The van der Waals surface area contributed by atoms with Gasteiger partial charge in [0.2, 0.25) is 5.91 Å². The van der Waals surface area contributed by atoms with Gasteiger partial charge in [0, 0.05) is 20.0 Å². The Morgan fingerprint density at radius 3 is 2.46 bits per heavy atom. The van der Waals surface area contributed by atoms with Crippen molar-refractivity contribution in [3.8, 4) is 6.07 Å². The number of hydrogen-bond acceptors (Lipinski definition) is 11. The number of nitrogens with zero attached hydrogens (tertiary/aromatic N) is 4. The molecule has 37 heavy (non-hydrogen) atoms. The molecule has 0 aliphatic carbocycles. The molecular weight excluding hydrogens is 484 g/mol. The molecule has 0 saturated carbocycles. The second-order valence-corrected chi connectivity index (χ2v) is 8.79. The van der Waals surface area contributed by atoms with Gasteiger partial charge in [0.15, 0.2) is 18.4 Å². The van der Waals surface area contributed by atoms with E-state index in [1.54, 1.807) is 0 Å². The molecule has 1 fully saturated rings. The van der Waals surface area contributed by atoms with E-state index < -0.39 is 49.1 Å². The maximum atomic E-state index is 13.1. The Kier molecular flexibility index (Phi) is 9.14. The Morgan fingerprint density at radius 2 is 1.89 bits per heavy atom. The SMILES string of the molecule is CCNC(C(=O)Nc1ncnc2c1c(C#N)cn2[C@@H]1O[C@H](CO)C(OC(C)=O)[C@@H]1OC(C)=O)C(C)CC. The maximum absolute atomic E-state index is 13.1. The number of fused-ring (bicyclic) bond motifs is 1. The molecule has 3 rings (SSSR count). The van der Waals surface area contributed by atoms with Crippen LogP contribution in [0.25, 0.3) is 11.0 Å². The molecule has 1 amide bonds. The molecule has 0 bridgehead atoms. The van der Waals surface area contributed by atoms with E-state index in [0.29, 0.717) is 6.54 Å². The van der Waals surface area contributed by atoms with Gasteiger partial charge in [-0.25, -0.2) is 9.97 Å². The van der Waals surface area contributed by atoms with E-state index in [1.807, 2.05) is 20.8 Å². The molecule has 0 radical (unpaired) electrons. The van der Waals surface area contributed by atoms with Crippen LogP contribution in [0.2, 0.25) is 0 Å². The monoisotopic (exact) mass is 516 g/mol. The van der Waals surface area contributed by atoms with Crippen LogP contribution in [0.1, 0.15) is 52.8 Å². The number of nitrogens with one attached hydrogen (secondary N) is 2. The van der Waals surface area contributed by atoms with Crippen molar-refractivity contribution in [2.45, 2.75) is 71.6 Å². The lowest BCUT2D eigenvalue weighted by atomic mass is 9.98. The molecule has 3 heterocycles. The molecule has 13 nitrogen and oxygen atoms in total. The van der Waals surface area contributed by atoms with Gasteiger partial charge in [0.1, 0.15) is 30.0 Å². The average Bonchev–Trinajstić information content (AvgIpc) is 3.39. The smallest absolute Gasteiger partial charge is 0.303 e. The summed E-state index contributed by atoms with van der Waals surface area (Å²) in [6.45, 7) is 8.31. The van der Waals surface area contributed by atoms with Crippen LogP contribution in [0.3, 0.4) is 0 Å². The molecule has 3 unspecified atom stereocenters. The molecule has 2 aromatic heterocycles. The summed E-state index contributed by atoms with van der Waals surface area (Å²) in [5.74, 6) is -1.44. The first-order valence-electron chi connectivity index (χ1n) is 12.1. The second-order valence-electron chi connectivity index (χ2n) is 8.79. The fourth-order valence-corrected chi connectivity index (χ4v) is 4.39. The average molecular weight is 517 g/mol. The van der Waals surface area contributed by atoms with E-state index in [9.17, 15) is 24.8 Å². The summed E-state index contributed by atoms with van der Waals surface area (Å²) in [7, 11) is 0. The lowest BCUT2D eigenvalue weighted by molar-refractivity contribution is -0.165. The van der Waals surface area contributed by atoms with Crippen molar-refractivity contribution in [3.63, 3.8) is 0 Å². The van der Waals surface area contributed by atoms with E-state index in [-0.39, 0.29) is 34.2 Å². The number of hydrogen-bond donors (Lipinski definition) is 3. The van der Waals surface area contributed by atoms with Crippen LogP contribution in [-0.4, -0.2) is 75.0 Å². The summed E-state index contributed by atoms with van der Waals surface area (Å²) in [6, 6.07) is 1.60. The van der Waals surface area contributed by atoms with Crippen LogP contribution in [0.4, 0.5) is 5.82 Å². The maximum Gasteiger partial charge on any atom is 0.303 e. The van der Waals surface area contributed by atoms with Crippen molar-refractivity contribution in [2.75, 3.05) is 18.5 Å². The topological polar surface area (TPSA) is 178 Å². The summed E-state index contributed by atoms with van der Waals surface area (Å²) in [5.41, 5.74) is 0.351. The largest absolute Gasteiger partial charge is 0.456 e.